The number of alkyl carbamates (subject to hydrolysis) is 1. The maximum atomic E-state index is 13.1. The lowest BCUT2D eigenvalue weighted by atomic mass is 9.98. The van der Waals surface area contributed by atoms with Crippen molar-refractivity contribution < 1.29 is 24.2 Å². The molecule has 0 aliphatic heterocycles. The Hall–Kier alpha value is -4.17. The van der Waals surface area contributed by atoms with Gasteiger partial charge in [-0.3, -0.25) is 9.69 Å². The first-order valence-corrected chi connectivity index (χ1v) is 13.8. The van der Waals surface area contributed by atoms with Crippen molar-refractivity contribution in [1.29, 1.82) is 0 Å². The summed E-state index contributed by atoms with van der Waals surface area (Å²) in [5, 5.41) is 15.4. The van der Waals surface area contributed by atoms with E-state index in [4.69, 9.17) is 4.74 Å². The molecule has 3 unspecified atom stereocenters. The summed E-state index contributed by atoms with van der Waals surface area (Å²) < 4.78 is 5.68. The van der Waals surface area contributed by atoms with Crippen molar-refractivity contribution in [2.45, 2.75) is 43.8 Å². The Morgan fingerprint density at radius 3 is 2.20 bits per heavy atom. The van der Waals surface area contributed by atoms with Gasteiger partial charge >= 0.3 is 12.1 Å². The molecule has 1 saturated carbocycles. The summed E-state index contributed by atoms with van der Waals surface area (Å²) in [4.78, 5) is 39.8. The third-order valence-electron chi connectivity index (χ3n) is 7.90. The number of rotatable bonds is 10. The van der Waals surface area contributed by atoms with E-state index in [0.717, 1.165) is 34.2 Å². The summed E-state index contributed by atoms with van der Waals surface area (Å²) in [6.07, 6.45) is 1.40. The fourth-order valence-corrected chi connectivity index (χ4v) is 5.97. The van der Waals surface area contributed by atoms with Crippen LogP contribution in [0.25, 0.3) is 11.1 Å². The number of carbonyl (C=O) groups is 3. The van der Waals surface area contributed by atoms with Gasteiger partial charge in [-0.05, 0) is 47.7 Å². The lowest BCUT2D eigenvalue weighted by molar-refractivity contribution is -0.143. The smallest absolute Gasteiger partial charge is 0.407 e. The molecule has 0 aromatic heterocycles. The highest BCUT2D eigenvalue weighted by molar-refractivity contribution is 5.86. The van der Waals surface area contributed by atoms with E-state index in [9.17, 15) is 19.5 Å². The van der Waals surface area contributed by atoms with Crippen LogP contribution in [0.1, 0.15) is 41.9 Å². The molecular formula is C32H35N3O5. The summed E-state index contributed by atoms with van der Waals surface area (Å²) in [6.45, 7) is 0.918. The monoisotopic (exact) mass is 541 g/mol. The maximum absolute atomic E-state index is 13.1. The molecular weight excluding hydrogens is 506 g/mol. The zero-order valence-corrected chi connectivity index (χ0v) is 22.6. The Morgan fingerprint density at radius 1 is 0.925 bits per heavy atom. The van der Waals surface area contributed by atoms with Gasteiger partial charge in [0.1, 0.15) is 12.6 Å². The lowest BCUT2D eigenvalue weighted by Gasteiger charge is -2.25. The van der Waals surface area contributed by atoms with E-state index in [1.807, 2.05) is 66.5 Å². The number of carbonyl (C=O) groups excluding carboxylic acids is 2. The molecule has 40 heavy (non-hydrogen) atoms. The Morgan fingerprint density at radius 2 is 1.55 bits per heavy atom. The number of carboxylic acid groups (broad SMARTS) is 1. The third-order valence-corrected chi connectivity index (χ3v) is 7.90. The summed E-state index contributed by atoms with van der Waals surface area (Å²) in [7, 11) is 1.83. The number of hydrogen-bond donors (Lipinski definition) is 3. The molecule has 0 saturated heterocycles. The number of likely N-dealkylation sites (N-methyl/N-ethyl adjacent to an activating group) is 1. The van der Waals surface area contributed by atoms with Gasteiger partial charge in [0, 0.05) is 25.0 Å². The molecule has 0 spiro atoms. The van der Waals surface area contributed by atoms with Crippen molar-refractivity contribution in [3.63, 3.8) is 0 Å². The first-order valence-electron chi connectivity index (χ1n) is 13.8. The molecule has 0 heterocycles. The van der Waals surface area contributed by atoms with E-state index >= 15 is 0 Å². The second-order valence-electron chi connectivity index (χ2n) is 10.7. The zero-order chi connectivity index (χ0) is 28.1. The van der Waals surface area contributed by atoms with Crippen LogP contribution in [0, 0.1) is 5.92 Å². The lowest BCUT2D eigenvalue weighted by Crippen LogP contribution is -2.52. The highest BCUT2D eigenvalue weighted by atomic mass is 16.5. The quantitative estimate of drug-likeness (QED) is 0.351. The van der Waals surface area contributed by atoms with Gasteiger partial charge < -0.3 is 20.5 Å². The van der Waals surface area contributed by atoms with E-state index < -0.39 is 30.1 Å². The van der Waals surface area contributed by atoms with Crippen LogP contribution in [0.15, 0.2) is 78.9 Å². The SMILES string of the molecule is CN(Cc1ccccc1)CC(NC(=O)C1CCCC1NC(=O)OCC1c2ccccc2-c2ccccc21)C(=O)O. The number of ether oxygens (including phenoxy) is 1. The first kappa shape index (κ1) is 27.4. The number of nitrogens with one attached hydrogen (secondary N) is 2. The van der Waals surface area contributed by atoms with Crippen molar-refractivity contribution in [3.05, 3.63) is 95.6 Å². The van der Waals surface area contributed by atoms with Gasteiger partial charge in [-0.2, -0.15) is 0 Å². The van der Waals surface area contributed by atoms with Gasteiger partial charge in [0.15, 0.2) is 0 Å². The first-order chi connectivity index (χ1) is 19.4. The molecule has 2 amide bonds. The number of fused-ring (bicyclic) bond motifs is 3. The minimum atomic E-state index is -1.09. The highest BCUT2D eigenvalue weighted by Gasteiger charge is 2.37. The predicted molar refractivity (Wildman–Crippen MR) is 152 cm³/mol. The van der Waals surface area contributed by atoms with Gasteiger partial charge in [0.25, 0.3) is 0 Å². The molecule has 2 aliphatic carbocycles. The topological polar surface area (TPSA) is 108 Å². The van der Waals surface area contributed by atoms with Crippen molar-refractivity contribution in [2.24, 2.45) is 5.92 Å². The number of benzene rings is 3. The average molecular weight is 542 g/mol. The van der Waals surface area contributed by atoms with Gasteiger partial charge in [0.05, 0.1) is 5.92 Å². The molecule has 3 N–H and O–H groups in total. The molecule has 0 bridgehead atoms. The number of carboxylic acids is 1. The maximum Gasteiger partial charge on any atom is 0.407 e. The van der Waals surface area contributed by atoms with Crippen LogP contribution in [0.3, 0.4) is 0 Å². The molecule has 208 valence electrons. The van der Waals surface area contributed by atoms with Gasteiger partial charge in [-0.25, -0.2) is 9.59 Å². The number of nitrogens with zero attached hydrogens (tertiary/aromatic N) is 1. The highest BCUT2D eigenvalue weighted by Crippen LogP contribution is 2.44. The van der Waals surface area contributed by atoms with Crippen LogP contribution in [0.2, 0.25) is 0 Å². The Bertz CT molecular complexity index is 1320. The fourth-order valence-electron chi connectivity index (χ4n) is 5.97. The summed E-state index contributed by atoms with van der Waals surface area (Å²) in [6, 6.07) is 24.6. The molecule has 8 heteroatoms. The standard InChI is InChI=1S/C32H35N3O5/c1-35(18-21-10-3-2-4-11-21)19-29(31(37)38)33-30(36)26-16-9-17-28(26)34-32(39)40-20-27-24-14-7-5-12-22(24)23-13-6-8-15-25(23)27/h2-8,10-15,26-29H,9,16-20H2,1H3,(H,33,36)(H,34,39)(H,37,38). The predicted octanol–water partition coefficient (Wildman–Crippen LogP) is 4.40. The zero-order valence-electron chi connectivity index (χ0n) is 22.6. The van der Waals surface area contributed by atoms with Crippen LogP contribution in [0.5, 0.6) is 0 Å². The third kappa shape index (κ3) is 6.18. The summed E-state index contributed by atoms with van der Waals surface area (Å²) in [5.41, 5.74) is 5.63. The Kier molecular flexibility index (Phi) is 8.45. The second-order valence-corrected chi connectivity index (χ2v) is 10.7. The van der Waals surface area contributed by atoms with E-state index in [2.05, 4.69) is 34.9 Å². The molecule has 3 aromatic carbocycles. The number of hydrogen-bond acceptors (Lipinski definition) is 5. The summed E-state index contributed by atoms with van der Waals surface area (Å²) in [5.74, 6) is -2.01. The molecule has 5 rings (SSSR count). The minimum absolute atomic E-state index is 0.0509. The van der Waals surface area contributed by atoms with Crippen LogP contribution in [-0.2, 0) is 20.9 Å². The summed E-state index contributed by atoms with van der Waals surface area (Å²) >= 11 is 0. The average Bonchev–Trinajstić information content (AvgIpc) is 3.54. The molecule has 2 aliphatic rings. The minimum Gasteiger partial charge on any atom is -0.480 e. The molecule has 0 radical (unpaired) electrons. The van der Waals surface area contributed by atoms with E-state index in [1.165, 1.54) is 0 Å². The van der Waals surface area contributed by atoms with E-state index in [1.54, 1.807) is 0 Å². The number of aliphatic carboxylic acids is 1. The Labute approximate surface area is 234 Å². The fraction of sp³-hybridized carbons (Fsp3) is 0.344. The normalized spacial score (nSPS) is 18.6. The van der Waals surface area contributed by atoms with E-state index in [0.29, 0.717) is 19.4 Å². The van der Waals surface area contributed by atoms with Gasteiger partial charge in [0.2, 0.25) is 5.91 Å². The van der Waals surface area contributed by atoms with Crippen LogP contribution < -0.4 is 10.6 Å². The molecule has 3 aromatic rings. The van der Waals surface area contributed by atoms with Crippen molar-refractivity contribution in [2.75, 3.05) is 20.2 Å². The van der Waals surface area contributed by atoms with Crippen molar-refractivity contribution in [1.82, 2.24) is 15.5 Å². The van der Waals surface area contributed by atoms with Gasteiger partial charge in [-0.15, -0.1) is 0 Å². The Balaban J connectivity index is 1.15. The number of amides is 2. The molecule has 8 nitrogen and oxygen atoms in total. The van der Waals surface area contributed by atoms with E-state index in [-0.39, 0.29) is 25.0 Å². The van der Waals surface area contributed by atoms with Crippen LogP contribution in [-0.4, -0.2) is 60.3 Å². The van der Waals surface area contributed by atoms with Gasteiger partial charge in [-0.1, -0.05) is 85.3 Å². The van der Waals surface area contributed by atoms with Crippen molar-refractivity contribution in [3.8, 4) is 11.1 Å². The van der Waals surface area contributed by atoms with Crippen LogP contribution in [0.4, 0.5) is 4.79 Å². The molecule has 1 fully saturated rings. The second kappa shape index (κ2) is 12.3. The largest absolute Gasteiger partial charge is 0.480 e. The molecule has 3 atom stereocenters. The van der Waals surface area contributed by atoms with Crippen molar-refractivity contribution >= 4 is 18.0 Å². The van der Waals surface area contributed by atoms with Crippen LogP contribution >= 0.6 is 0 Å².